The largest absolute Gasteiger partial charge is 0.436 e. The van der Waals surface area contributed by atoms with Crippen LogP contribution in [0.3, 0.4) is 0 Å². The fourth-order valence-corrected chi connectivity index (χ4v) is 3.53. The molecule has 33 heavy (non-hydrogen) atoms. The van der Waals surface area contributed by atoms with Gasteiger partial charge in [-0.2, -0.15) is 0 Å². The maximum atomic E-state index is 14.5. The summed E-state index contributed by atoms with van der Waals surface area (Å²) in [6, 6.07) is 7.98. The highest BCUT2D eigenvalue weighted by Crippen LogP contribution is 2.26. The van der Waals surface area contributed by atoms with Gasteiger partial charge in [-0.05, 0) is 49.3 Å². The van der Waals surface area contributed by atoms with E-state index in [9.17, 15) is 14.0 Å². The van der Waals surface area contributed by atoms with Crippen molar-refractivity contribution in [2.24, 2.45) is 0 Å². The summed E-state index contributed by atoms with van der Waals surface area (Å²) >= 11 is 1.28. The first-order valence-corrected chi connectivity index (χ1v) is 10.9. The molecule has 0 aliphatic heterocycles. The first-order valence-electron chi connectivity index (χ1n) is 10.0. The van der Waals surface area contributed by atoms with Crippen LogP contribution in [-0.2, 0) is 16.0 Å². The van der Waals surface area contributed by atoms with E-state index in [-0.39, 0.29) is 18.1 Å². The summed E-state index contributed by atoms with van der Waals surface area (Å²) in [5, 5.41) is 4.97. The smallest absolute Gasteiger partial charge is 0.230 e. The molecule has 0 aliphatic carbocycles. The predicted molar refractivity (Wildman–Crippen MR) is 127 cm³/mol. The number of ether oxygens (including phenoxy) is 1. The highest BCUT2D eigenvalue weighted by atomic mass is 32.1. The monoisotopic (exact) mass is 466 g/mol. The minimum atomic E-state index is -0.577. The highest BCUT2D eigenvalue weighted by Gasteiger charge is 2.13. The molecule has 0 fully saturated rings. The average molecular weight is 467 g/mol. The molecule has 0 aliphatic rings. The Kier molecular flexibility index (Phi) is 8.04. The van der Waals surface area contributed by atoms with Gasteiger partial charge in [0.05, 0.1) is 12.1 Å². The number of nitrogens with zero attached hydrogens (tertiary/aromatic N) is 3. The van der Waals surface area contributed by atoms with Gasteiger partial charge in [-0.15, -0.1) is 11.3 Å². The lowest BCUT2D eigenvalue weighted by molar-refractivity contribution is -0.116. The Morgan fingerprint density at radius 3 is 2.85 bits per heavy atom. The Morgan fingerprint density at radius 1 is 1.33 bits per heavy atom. The number of pyridine rings is 1. The number of hydrogen-bond donors (Lipinski definition) is 1. The number of carbonyl (C=O) groups is 2. The third-order valence-corrected chi connectivity index (χ3v) is 5.30. The number of anilines is 1. The molecule has 3 aromatic rings. The molecular formula is C24H23FN4O3S. The molecule has 7 nitrogen and oxygen atoms in total. The number of amides is 2. The van der Waals surface area contributed by atoms with Gasteiger partial charge in [-0.1, -0.05) is 18.2 Å². The Morgan fingerprint density at radius 2 is 2.15 bits per heavy atom. The first kappa shape index (κ1) is 23.8. The van der Waals surface area contributed by atoms with Crippen LogP contribution in [0.15, 0.2) is 60.3 Å². The van der Waals surface area contributed by atoms with Crippen LogP contribution in [0.5, 0.6) is 11.6 Å². The Bertz CT molecular complexity index is 1210. The van der Waals surface area contributed by atoms with E-state index < -0.39 is 5.82 Å². The van der Waals surface area contributed by atoms with Crippen molar-refractivity contribution in [2.75, 3.05) is 12.4 Å². The SMILES string of the molecule is C/C=C(\C=C/N(C)C=O)c1csc(NC(=O)Cc2ccc(Oc3ncccc3C)c(F)c2)n1. The molecular weight excluding hydrogens is 443 g/mol. The maximum absolute atomic E-state index is 14.5. The third kappa shape index (κ3) is 6.56. The highest BCUT2D eigenvalue weighted by molar-refractivity contribution is 7.14. The molecule has 1 N–H and O–H groups in total. The van der Waals surface area contributed by atoms with Gasteiger partial charge < -0.3 is 15.0 Å². The molecule has 1 aromatic carbocycles. The number of allylic oxidation sites excluding steroid dienone is 3. The number of benzene rings is 1. The topological polar surface area (TPSA) is 84.4 Å². The van der Waals surface area contributed by atoms with E-state index in [1.54, 1.807) is 37.7 Å². The van der Waals surface area contributed by atoms with Crippen molar-refractivity contribution in [3.63, 3.8) is 0 Å². The molecule has 2 amide bonds. The summed E-state index contributed by atoms with van der Waals surface area (Å²) in [6.45, 7) is 3.68. The fourth-order valence-electron chi connectivity index (χ4n) is 2.79. The molecule has 170 valence electrons. The number of rotatable bonds is 9. The Balaban J connectivity index is 1.62. The molecule has 0 atom stereocenters. The summed E-state index contributed by atoms with van der Waals surface area (Å²) in [4.78, 5) is 33.0. The van der Waals surface area contributed by atoms with Crippen LogP contribution in [0.4, 0.5) is 9.52 Å². The van der Waals surface area contributed by atoms with Gasteiger partial charge in [0.25, 0.3) is 0 Å². The standard InChI is InChI=1S/C24H23FN4O3S/c1-4-18(9-11-29(3)15-30)20-14-33-24(27-20)28-22(31)13-17-7-8-21(19(25)12-17)32-23-16(2)6-5-10-26-23/h4-12,14-15H,13H2,1-3H3,(H,27,28,31)/b11-9-,18-4+. The summed E-state index contributed by atoms with van der Waals surface area (Å²) in [7, 11) is 1.63. The zero-order valence-corrected chi connectivity index (χ0v) is 19.2. The van der Waals surface area contributed by atoms with Gasteiger partial charge in [0.2, 0.25) is 18.2 Å². The van der Waals surface area contributed by atoms with Crippen molar-refractivity contribution in [2.45, 2.75) is 20.3 Å². The van der Waals surface area contributed by atoms with Gasteiger partial charge in [-0.3, -0.25) is 9.59 Å². The van der Waals surface area contributed by atoms with Crippen LogP contribution >= 0.6 is 11.3 Å². The van der Waals surface area contributed by atoms with Crippen molar-refractivity contribution in [1.82, 2.24) is 14.9 Å². The van der Waals surface area contributed by atoms with Crippen molar-refractivity contribution in [3.05, 3.63) is 82.9 Å². The van der Waals surface area contributed by atoms with Crippen molar-refractivity contribution >= 4 is 34.4 Å². The Hall–Kier alpha value is -3.85. The quantitative estimate of drug-likeness (QED) is 0.356. The second-order valence-corrected chi connectivity index (χ2v) is 7.94. The zero-order chi connectivity index (χ0) is 23.8. The first-order chi connectivity index (χ1) is 15.9. The lowest BCUT2D eigenvalue weighted by atomic mass is 10.1. The van der Waals surface area contributed by atoms with Crippen LogP contribution in [0.2, 0.25) is 0 Å². The van der Waals surface area contributed by atoms with Crippen LogP contribution in [0, 0.1) is 12.7 Å². The van der Waals surface area contributed by atoms with E-state index in [1.165, 1.54) is 28.4 Å². The number of hydrogen-bond acceptors (Lipinski definition) is 6. The molecule has 0 bridgehead atoms. The van der Waals surface area contributed by atoms with Crippen LogP contribution in [0.25, 0.3) is 5.57 Å². The molecule has 0 saturated heterocycles. The van der Waals surface area contributed by atoms with Crippen molar-refractivity contribution in [3.8, 4) is 11.6 Å². The summed E-state index contributed by atoms with van der Waals surface area (Å²) in [6.07, 6.45) is 7.48. The minimum absolute atomic E-state index is 0.0186. The molecule has 9 heteroatoms. The Labute approximate surface area is 195 Å². The predicted octanol–water partition coefficient (Wildman–Crippen LogP) is 4.96. The number of halogens is 1. The average Bonchev–Trinajstić information content (AvgIpc) is 3.25. The van der Waals surface area contributed by atoms with Crippen LogP contribution < -0.4 is 10.1 Å². The van der Waals surface area contributed by atoms with Gasteiger partial charge in [0, 0.05) is 30.4 Å². The lowest BCUT2D eigenvalue weighted by Crippen LogP contribution is -2.14. The molecule has 0 spiro atoms. The number of aryl methyl sites for hydroxylation is 1. The van der Waals surface area contributed by atoms with Gasteiger partial charge >= 0.3 is 0 Å². The number of thiazole rings is 1. The van der Waals surface area contributed by atoms with E-state index in [2.05, 4.69) is 15.3 Å². The van der Waals surface area contributed by atoms with Crippen molar-refractivity contribution in [1.29, 1.82) is 0 Å². The second kappa shape index (κ2) is 11.1. The number of carbonyl (C=O) groups excluding carboxylic acids is 2. The maximum Gasteiger partial charge on any atom is 0.230 e. The van der Waals surface area contributed by atoms with Gasteiger partial charge in [0.1, 0.15) is 0 Å². The van der Waals surface area contributed by atoms with E-state index in [0.717, 1.165) is 11.1 Å². The molecule has 3 rings (SSSR count). The lowest BCUT2D eigenvalue weighted by Gasteiger charge is -2.09. The molecule has 2 aromatic heterocycles. The summed E-state index contributed by atoms with van der Waals surface area (Å²) in [5.41, 5.74) is 2.77. The molecule has 0 saturated carbocycles. The van der Waals surface area contributed by atoms with Gasteiger partial charge in [-0.25, -0.2) is 14.4 Å². The van der Waals surface area contributed by atoms with E-state index in [0.29, 0.717) is 28.7 Å². The zero-order valence-electron chi connectivity index (χ0n) is 18.4. The number of aromatic nitrogens is 2. The van der Waals surface area contributed by atoms with E-state index in [1.807, 2.05) is 31.4 Å². The second-order valence-electron chi connectivity index (χ2n) is 7.09. The van der Waals surface area contributed by atoms with E-state index in [4.69, 9.17) is 4.74 Å². The van der Waals surface area contributed by atoms with Crippen LogP contribution in [-0.4, -0.2) is 34.2 Å². The minimum Gasteiger partial charge on any atom is -0.436 e. The van der Waals surface area contributed by atoms with Gasteiger partial charge in [0.15, 0.2) is 16.7 Å². The van der Waals surface area contributed by atoms with Crippen molar-refractivity contribution < 1.29 is 18.7 Å². The molecule has 0 unspecified atom stereocenters. The normalized spacial score (nSPS) is 11.5. The van der Waals surface area contributed by atoms with Crippen LogP contribution in [0.1, 0.15) is 23.7 Å². The fraction of sp³-hybridized carbons (Fsp3) is 0.167. The third-order valence-electron chi connectivity index (χ3n) is 4.54. The summed E-state index contributed by atoms with van der Waals surface area (Å²) in [5.74, 6) is -0.526. The summed E-state index contributed by atoms with van der Waals surface area (Å²) < 4.78 is 20.0. The number of nitrogens with one attached hydrogen (secondary N) is 1. The van der Waals surface area contributed by atoms with E-state index >= 15 is 0 Å². The molecule has 0 radical (unpaired) electrons. The molecule has 2 heterocycles.